The number of carbonyl (C=O) groups is 1. The fraction of sp³-hybridized carbons (Fsp3) is 0.0625. The molecular weight excluding hydrogens is 272 g/mol. The molecule has 0 fully saturated rings. The molecule has 0 heterocycles. The number of hydrogen-bond donors (Lipinski definition) is 0. The van der Waals surface area contributed by atoms with E-state index in [1.165, 1.54) is 12.1 Å². The van der Waals surface area contributed by atoms with Gasteiger partial charge in [-0.15, -0.1) is 0 Å². The SMILES string of the molecule is Cc1ccccc1C(=O)/C=C/S(=O)(=O)c1ccccc1. The van der Waals surface area contributed by atoms with Crippen LogP contribution in [0.15, 0.2) is 71.0 Å². The smallest absolute Gasteiger partial charge is 0.199 e. The molecule has 0 aromatic heterocycles. The second-order valence-corrected chi connectivity index (χ2v) is 6.17. The van der Waals surface area contributed by atoms with Crippen molar-refractivity contribution in [1.29, 1.82) is 0 Å². The average molecular weight is 286 g/mol. The standard InChI is InChI=1S/C16H14O3S/c1-13-7-5-6-10-15(13)16(17)11-12-20(18,19)14-8-3-2-4-9-14/h2-12H,1H3/b12-11+. The summed E-state index contributed by atoms with van der Waals surface area (Å²) in [6, 6.07) is 15.1. The summed E-state index contributed by atoms with van der Waals surface area (Å²) in [5.74, 6) is -0.317. The summed E-state index contributed by atoms with van der Waals surface area (Å²) in [5, 5.41) is 0.955. The van der Waals surface area contributed by atoms with Crippen molar-refractivity contribution >= 4 is 15.6 Å². The summed E-state index contributed by atoms with van der Waals surface area (Å²) in [7, 11) is -3.58. The molecule has 0 bridgehead atoms. The van der Waals surface area contributed by atoms with E-state index in [1.807, 2.05) is 19.1 Å². The largest absolute Gasteiger partial charge is 0.289 e. The van der Waals surface area contributed by atoms with Gasteiger partial charge in [-0.3, -0.25) is 4.79 Å². The Morgan fingerprint density at radius 2 is 1.55 bits per heavy atom. The van der Waals surface area contributed by atoms with Crippen LogP contribution in [-0.2, 0) is 9.84 Å². The molecule has 0 unspecified atom stereocenters. The fourth-order valence-corrected chi connectivity index (χ4v) is 2.78. The summed E-state index contributed by atoms with van der Waals surface area (Å²) in [4.78, 5) is 12.2. The van der Waals surface area contributed by atoms with Crippen molar-refractivity contribution in [3.63, 3.8) is 0 Å². The molecule has 0 aliphatic carbocycles. The van der Waals surface area contributed by atoms with Gasteiger partial charge in [-0.25, -0.2) is 8.42 Å². The monoisotopic (exact) mass is 286 g/mol. The highest BCUT2D eigenvalue weighted by atomic mass is 32.2. The van der Waals surface area contributed by atoms with Crippen LogP contribution in [0.1, 0.15) is 15.9 Å². The molecule has 0 saturated carbocycles. The van der Waals surface area contributed by atoms with E-state index in [0.717, 1.165) is 17.0 Å². The summed E-state index contributed by atoms with van der Waals surface area (Å²) in [6.45, 7) is 1.81. The molecule has 4 heteroatoms. The van der Waals surface area contributed by atoms with Crippen molar-refractivity contribution in [3.05, 3.63) is 77.2 Å². The highest BCUT2D eigenvalue weighted by Crippen LogP contribution is 2.13. The van der Waals surface area contributed by atoms with E-state index in [-0.39, 0.29) is 10.7 Å². The van der Waals surface area contributed by atoms with E-state index in [0.29, 0.717) is 5.56 Å². The van der Waals surface area contributed by atoms with Crippen molar-refractivity contribution in [2.45, 2.75) is 11.8 Å². The predicted octanol–water partition coefficient (Wildman–Crippen LogP) is 3.17. The van der Waals surface area contributed by atoms with Gasteiger partial charge in [0.25, 0.3) is 0 Å². The second-order valence-electron chi connectivity index (χ2n) is 4.34. The van der Waals surface area contributed by atoms with Gasteiger partial charge in [-0.1, -0.05) is 42.5 Å². The third-order valence-corrected chi connectivity index (χ3v) is 4.30. The minimum atomic E-state index is -3.58. The average Bonchev–Trinajstić information content (AvgIpc) is 2.46. The maximum atomic E-state index is 12.0. The molecule has 0 spiro atoms. The molecule has 2 rings (SSSR count). The Balaban J connectivity index is 2.26. The number of benzene rings is 2. The molecule has 0 radical (unpaired) electrons. The molecule has 0 atom stereocenters. The quantitative estimate of drug-likeness (QED) is 0.641. The van der Waals surface area contributed by atoms with Crippen LogP contribution in [0.4, 0.5) is 0 Å². The Kier molecular flexibility index (Phi) is 4.15. The number of rotatable bonds is 4. The molecule has 0 saturated heterocycles. The van der Waals surface area contributed by atoms with Gasteiger partial charge in [0.15, 0.2) is 15.6 Å². The summed E-state index contributed by atoms with van der Waals surface area (Å²) in [6.07, 6.45) is 1.10. The third-order valence-electron chi connectivity index (χ3n) is 2.88. The molecule has 0 amide bonds. The summed E-state index contributed by atoms with van der Waals surface area (Å²) >= 11 is 0. The van der Waals surface area contributed by atoms with Crippen molar-refractivity contribution in [2.75, 3.05) is 0 Å². The van der Waals surface area contributed by atoms with Crippen molar-refractivity contribution < 1.29 is 13.2 Å². The molecule has 2 aromatic rings. The third kappa shape index (κ3) is 3.22. The maximum Gasteiger partial charge on any atom is 0.199 e. The van der Waals surface area contributed by atoms with Gasteiger partial charge < -0.3 is 0 Å². The normalized spacial score (nSPS) is 11.7. The van der Waals surface area contributed by atoms with Crippen LogP contribution in [0.2, 0.25) is 0 Å². The first-order chi connectivity index (χ1) is 9.50. The van der Waals surface area contributed by atoms with Crippen LogP contribution in [0.3, 0.4) is 0 Å². The number of ketones is 1. The number of aryl methyl sites for hydroxylation is 1. The van der Waals surface area contributed by atoms with Crippen LogP contribution >= 0.6 is 0 Å². The van der Waals surface area contributed by atoms with Crippen molar-refractivity contribution in [1.82, 2.24) is 0 Å². The van der Waals surface area contributed by atoms with E-state index >= 15 is 0 Å². The van der Waals surface area contributed by atoms with Gasteiger partial charge in [0.1, 0.15) is 0 Å². The molecule has 20 heavy (non-hydrogen) atoms. The van der Waals surface area contributed by atoms with Crippen molar-refractivity contribution in [2.24, 2.45) is 0 Å². The van der Waals surface area contributed by atoms with E-state index in [1.54, 1.807) is 30.3 Å². The highest BCUT2D eigenvalue weighted by molar-refractivity contribution is 7.94. The molecule has 0 aliphatic rings. The Hall–Kier alpha value is -2.20. The lowest BCUT2D eigenvalue weighted by molar-refractivity contribution is 0.104. The first kappa shape index (κ1) is 14.2. The lowest BCUT2D eigenvalue weighted by atomic mass is 10.1. The van der Waals surface area contributed by atoms with Crippen LogP contribution < -0.4 is 0 Å². The Labute approximate surface area is 118 Å². The van der Waals surface area contributed by atoms with E-state index in [2.05, 4.69) is 0 Å². The minimum absolute atomic E-state index is 0.175. The van der Waals surface area contributed by atoms with E-state index in [4.69, 9.17) is 0 Å². The van der Waals surface area contributed by atoms with Gasteiger partial charge in [-0.05, 0) is 30.7 Å². The Morgan fingerprint density at radius 3 is 2.20 bits per heavy atom. The number of hydrogen-bond acceptors (Lipinski definition) is 3. The van der Waals surface area contributed by atoms with Crippen molar-refractivity contribution in [3.8, 4) is 0 Å². The van der Waals surface area contributed by atoms with Crippen LogP contribution in [-0.4, -0.2) is 14.2 Å². The van der Waals surface area contributed by atoms with Gasteiger partial charge in [0.2, 0.25) is 0 Å². The number of allylic oxidation sites excluding steroid dienone is 1. The second kappa shape index (κ2) is 5.84. The van der Waals surface area contributed by atoms with Gasteiger partial charge >= 0.3 is 0 Å². The minimum Gasteiger partial charge on any atom is -0.289 e. The number of sulfone groups is 1. The summed E-state index contributed by atoms with van der Waals surface area (Å²) in [5.41, 5.74) is 1.33. The molecular formula is C16H14O3S. The topological polar surface area (TPSA) is 51.2 Å². The van der Waals surface area contributed by atoms with Crippen LogP contribution in [0.25, 0.3) is 0 Å². The molecule has 102 valence electrons. The fourth-order valence-electron chi connectivity index (χ4n) is 1.78. The Bertz CT molecular complexity index is 744. The lowest BCUT2D eigenvalue weighted by Crippen LogP contribution is -2.00. The van der Waals surface area contributed by atoms with Gasteiger partial charge in [0.05, 0.1) is 4.90 Å². The van der Waals surface area contributed by atoms with E-state index < -0.39 is 9.84 Å². The maximum absolute atomic E-state index is 12.0. The predicted molar refractivity (Wildman–Crippen MR) is 78.3 cm³/mol. The molecule has 0 N–H and O–H groups in total. The molecule has 0 aliphatic heterocycles. The molecule has 2 aromatic carbocycles. The van der Waals surface area contributed by atoms with Crippen LogP contribution in [0, 0.1) is 6.92 Å². The lowest BCUT2D eigenvalue weighted by Gasteiger charge is -2.01. The first-order valence-corrected chi connectivity index (χ1v) is 7.63. The van der Waals surface area contributed by atoms with Gasteiger partial charge in [-0.2, -0.15) is 0 Å². The first-order valence-electron chi connectivity index (χ1n) is 6.09. The zero-order valence-corrected chi connectivity index (χ0v) is 11.8. The van der Waals surface area contributed by atoms with Crippen LogP contribution in [0.5, 0.6) is 0 Å². The van der Waals surface area contributed by atoms with Gasteiger partial charge in [0, 0.05) is 11.0 Å². The highest BCUT2D eigenvalue weighted by Gasteiger charge is 2.11. The summed E-state index contributed by atoms with van der Waals surface area (Å²) < 4.78 is 24.0. The van der Waals surface area contributed by atoms with E-state index in [9.17, 15) is 13.2 Å². The zero-order chi connectivity index (χ0) is 14.6. The molecule has 3 nitrogen and oxygen atoms in total. The Morgan fingerprint density at radius 1 is 0.950 bits per heavy atom. The zero-order valence-electron chi connectivity index (χ0n) is 11.0. The number of carbonyl (C=O) groups excluding carboxylic acids is 1.